The zero-order valence-electron chi connectivity index (χ0n) is 11.6. The Morgan fingerprint density at radius 1 is 0.864 bits per heavy atom. The topological polar surface area (TPSA) is 50.7 Å². The Morgan fingerprint density at radius 2 is 1.73 bits per heavy atom. The highest BCUT2D eigenvalue weighted by Gasteiger charge is 2.10. The van der Waals surface area contributed by atoms with Crippen molar-refractivity contribution in [1.82, 2.24) is 15.0 Å². The van der Waals surface area contributed by atoms with Crippen LogP contribution in [0.4, 0.5) is 11.5 Å². The Balaban J connectivity index is 1.88. The minimum atomic E-state index is 0.741. The average Bonchev–Trinajstić information content (AvgIpc) is 3.10. The summed E-state index contributed by atoms with van der Waals surface area (Å²) < 4.78 is 0. The number of rotatable bonds is 3. The number of aromatic nitrogens is 3. The molecule has 0 fully saturated rings. The molecule has 106 valence electrons. The molecule has 4 nitrogen and oxygen atoms in total. The van der Waals surface area contributed by atoms with E-state index in [4.69, 9.17) is 4.98 Å². The first-order valence-electron chi connectivity index (χ1n) is 6.88. The minimum Gasteiger partial charge on any atom is -0.340 e. The van der Waals surface area contributed by atoms with Crippen LogP contribution >= 0.6 is 11.3 Å². The summed E-state index contributed by atoms with van der Waals surface area (Å²) in [7, 11) is 0. The quantitative estimate of drug-likeness (QED) is 0.605. The summed E-state index contributed by atoms with van der Waals surface area (Å²) >= 11 is 1.64. The van der Waals surface area contributed by atoms with E-state index in [9.17, 15) is 0 Å². The van der Waals surface area contributed by atoms with E-state index >= 15 is 0 Å². The molecule has 0 atom stereocenters. The summed E-state index contributed by atoms with van der Waals surface area (Å²) in [6.45, 7) is 0. The highest BCUT2D eigenvalue weighted by Crippen LogP contribution is 2.28. The molecule has 0 spiro atoms. The molecule has 3 heterocycles. The van der Waals surface area contributed by atoms with Gasteiger partial charge in [-0.15, -0.1) is 11.3 Å². The van der Waals surface area contributed by atoms with E-state index in [1.54, 1.807) is 23.7 Å². The van der Waals surface area contributed by atoms with Crippen LogP contribution in [0.2, 0.25) is 0 Å². The van der Waals surface area contributed by atoms with Crippen LogP contribution in [-0.2, 0) is 0 Å². The monoisotopic (exact) mass is 304 g/mol. The van der Waals surface area contributed by atoms with E-state index in [0.29, 0.717) is 0 Å². The first-order chi connectivity index (χ1) is 10.9. The third-order valence-corrected chi connectivity index (χ3v) is 4.15. The molecule has 0 amide bonds. The van der Waals surface area contributed by atoms with Crippen LogP contribution in [0, 0.1) is 0 Å². The second-order valence-corrected chi connectivity index (χ2v) is 5.70. The van der Waals surface area contributed by atoms with Gasteiger partial charge in [-0.05, 0) is 35.7 Å². The second kappa shape index (κ2) is 5.54. The molecule has 0 saturated carbocycles. The number of pyridine rings is 1. The zero-order valence-corrected chi connectivity index (χ0v) is 12.4. The summed E-state index contributed by atoms with van der Waals surface area (Å²) in [6, 6.07) is 15.9. The largest absolute Gasteiger partial charge is 0.340 e. The Labute approximate surface area is 131 Å². The number of thiophene rings is 1. The van der Waals surface area contributed by atoms with E-state index in [-0.39, 0.29) is 0 Å². The first kappa shape index (κ1) is 12.9. The van der Waals surface area contributed by atoms with Crippen molar-refractivity contribution < 1.29 is 0 Å². The Morgan fingerprint density at radius 3 is 2.55 bits per heavy atom. The van der Waals surface area contributed by atoms with Crippen molar-refractivity contribution in [3.63, 3.8) is 0 Å². The van der Waals surface area contributed by atoms with Gasteiger partial charge < -0.3 is 5.32 Å². The van der Waals surface area contributed by atoms with Crippen LogP contribution in [0.5, 0.6) is 0 Å². The Hall–Kier alpha value is -2.79. The Bertz CT molecular complexity index is 905. The first-order valence-corrected chi connectivity index (χ1v) is 7.76. The molecule has 0 unspecified atom stereocenters. The van der Waals surface area contributed by atoms with Crippen LogP contribution in [-0.4, -0.2) is 15.0 Å². The van der Waals surface area contributed by atoms with Gasteiger partial charge in [0.15, 0.2) is 5.82 Å². The maximum Gasteiger partial charge on any atom is 0.172 e. The lowest BCUT2D eigenvalue weighted by Crippen LogP contribution is -1.98. The molecule has 0 aliphatic heterocycles. The summed E-state index contributed by atoms with van der Waals surface area (Å²) in [5.74, 6) is 1.55. The maximum absolute atomic E-state index is 4.71. The normalized spacial score (nSPS) is 10.7. The van der Waals surface area contributed by atoms with E-state index < -0.39 is 0 Å². The van der Waals surface area contributed by atoms with Crippen molar-refractivity contribution in [3.05, 3.63) is 66.3 Å². The zero-order chi connectivity index (χ0) is 14.8. The van der Waals surface area contributed by atoms with Crippen molar-refractivity contribution >= 4 is 33.7 Å². The molecular weight excluding hydrogens is 292 g/mol. The third-order valence-electron chi connectivity index (χ3n) is 3.29. The predicted octanol–water partition coefficient (Wildman–Crippen LogP) is 4.50. The molecule has 0 saturated heterocycles. The van der Waals surface area contributed by atoms with Crippen molar-refractivity contribution in [2.24, 2.45) is 0 Å². The molecule has 4 rings (SSSR count). The number of nitrogens with one attached hydrogen (secondary N) is 1. The van der Waals surface area contributed by atoms with Gasteiger partial charge in [0.05, 0.1) is 10.4 Å². The van der Waals surface area contributed by atoms with Gasteiger partial charge in [0, 0.05) is 23.5 Å². The number of hydrogen-bond donors (Lipinski definition) is 1. The van der Waals surface area contributed by atoms with Gasteiger partial charge in [-0.1, -0.05) is 18.2 Å². The summed E-state index contributed by atoms with van der Waals surface area (Å²) in [5, 5.41) is 6.39. The smallest absolute Gasteiger partial charge is 0.172 e. The van der Waals surface area contributed by atoms with E-state index in [2.05, 4.69) is 15.3 Å². The van der Waals surface area contributed by atoms with Gasteiger partial charge in [-0.2, -0.15) is 0 Å². The van der Waals surface area contributed by atoms with Crippen LogP contribution in [0.25, 0.3) is 21.6 Å². The molecule has 1 N–H and O–H groups in total. The number of para-hydroxylation sites is 1. The molecule has 0 aliphatic carbocycles. The molecule has 22 heavy (non-hydrogen) atoms. The Kier molecular flexibility index (Phi) is 3.25. The minimum absolute atomic E-state index is 0.741. The van der Waals surface area contributed by atoms with Crippen LogP contribution in [0.3, 0.4) is 0 Å². The van der Waals surface area contributed by atoms with E-state index in [1.807, 2.05) is 53.9 Å². The predicted molar refractivity (Wildman–Crippen MR) is 90.4 cm³/mol. The lowest BCUT2D eigenvalue weighted by atomic mass is 10.2. The fourth-order valence-electron chi connectivity index (χ4n) is 2.26. The maximum atomic E-state index is 4.71. The molecule has 3 aromatic heterocycles. The van der Waals surface area contributed by atoms with E-state index in [0.717, 1.165) is 33.1 Å². The van der Waals surface area contributed by atoms with Gasteiger partial charge in [0.1, 0.15) is 5.82 Å². The van der Waals surface area contributed by atoms with Crippen molar-refractivity contribution in [2.45, 2.75) is 0 Å². The lowest BCUT2D eigenvalue weighted by molar-refractivity contribution is 1.23. The van der Waals surface area contributed by atoms with Crippen molar-refractivity contribution in [1.29, 1.82) is 0 Å². The van der Waals surface area contributed by atoms with Crippen LogP contribution < -0.4 is 5.32 Å². The fourth-order valence-corrected chi connectivity index (χ4v) is 2.92. The molecule has 5 heteroatoms. The summed E-state index contributed by atoms with van der Waals surface area (Å²) in [5.41, 5.74) is 1.88. The van der Waals surface area contributed by atoms with Gasteiger partial charge in [0.2, 0.25) is 0 Å². The molecule has 0 radical (unpaired) electrons. The van der Waals surface area contributed by atoms with Crippen molar-refractivity contribution in [3.8, 4) is 10.7 Å². The van der Waals surface area contributed by atoms with Gasteiger partial charge in [-0.3, -0.25) is 4.98 Å². The number of hydrogen-bond acceptors (Lipinski definition) is 5. The van der Waals surface area contributed by atoms with Gasteiger partial charge in [-0.25, -0.2) is 9.97 Å². The number of benzene rings is 1. The van der Waals surface area contributed by atoms with Gasteiger partial charge >= 0.3 is 0 Å². The SMILES string of the molecule is c1csc(-c2nc(Nc3ccncc3)c3ccccc3n2)c1. The standard InChI is InChI=1S/C17H12N4S/c1-2-5-14-13(4-1)16(19-12-7-9-18-10-8-12)21-17(20-14)15-6-3-11-22-15/h1-11H,(H,18,19,20,21). The number of fused-ring (bicyclic) bond motifs is 1. The molecule has 0 aliphatic rings. The lowest BCUT2D eigenvalue weighted by Gasteiger charge is -2.10. The van der Waals surface area contributed by atoms with Crippen LogP contribution in [0.15, 0.2) is 66.3 Å². The van der Waals surface area contributed by atoms with Crippen LogP contribution in [0.1, 0.15) is 0 Å². The average molecular weight is 304 g/mol. The molecule has 1 aromatic carbocycles. The van der Waals surface area contributed by atoms with Crippen molar-refractivity contribution in [2.75, 3.05) is 5.32 Å². The highest BCUT2D eigenvalue weighted by atomic mass is 32.1. The number of nitrogens with zero attached hydrogens (tertiary/aromatic N) is 3. The molecular formula is C17H12N4S. The van der Waals surface area contributed by atoms with E-state index in [1.165, 1.54) is 0 Å². The summed E-state index contributed by atoms with van der Waals surface area (Å²) in [6.07, 6.45) is 3.51. The molecule has 0 bridgehead atoms. The third kappa shape index (κ3) is 2.42. The fraction of sp³-hybridized carbons (Fsp3) is 0. The summed E-state index contributed by atoms with van der Waals surface area (Å²) in [4.78, 5) is 14.5. The highest BCUT2D eigenvalue weighted by molar-refractivity contribution is 7.13. The number of anilines is 2. The second-order valence-electron chi connectivity index (χ2n) is 4.75. The molecule has 4 aromatic rings. The van der Waals surface area contributed by atoms with Gasteiger partial charge in [0.25, 0.3) is 0 Å².